The van der Waals surface area contributed by atoms with Crippen molar-refractivity contribution in [1.82, 2.24) is 5.32 Å². The molecule has 0 spiro atoms. The van der Waals surface area contributed by atoms with Gasteiger partial charge in [-0.25, -0.2) is 0 Å². The minimum absolute atomic E-state index is 0.0166. The Balaban J connectivity index is 1.70. The Morgan fingerprint density at radius 1 is 1.16 bits per heavy atom. The molecule has 0 heterocycles. The highest BCUT2D eigenvalue weighted by atomic mass is 16.3. The maximum atomic E-state index is 12.5. The van der Waals surface area contributed by atoms with E-state index >= 15 is 0 Å². The predicted octanol–water partition coefficient (Wildman–Crippen LogP) is 2.00. The van der Waals surface area contributed by atoms with Gasteiger partial charge in [0.25, 0.3) is 0 Å². The van der Waals surface area contributed by atoms with Crippen molar-refractivity contribution >= 4 is 5.91 Å². The zero-order valence-corrected chi connectivity index (χ0v) is 11.2. The first-order valence-electron chi connectivity index (χ1n) is 7.16. The minimum Gasteiger partial charge on any atom is -0.396 e. The summed E-state index contributed by atoms with van der Waals surface area (Å²) in [7, 11) is 0. The summed E-state index contributed by atoms with van der Waals surface area (Å²) in [6.07, 6.45) is 5.06. The highest BCUT2D eigenvalue weighted by Gasteiger charge is 2.47. The maximum absolute atomic E-state index is 12.5. The first-order chi connectivity index (χ1) is 9.21. The Labute approximate surface area is 114 Å². The van der Waals surface area contributed by atoms with Crippen molar-refractivity contribution in [3.63, 3.8) is 0 Å². The molecule has 2 aliphatic carbocycles. The number of benzene rings is 1. The molecule has 3 heteroatoms. The summed E-state index contributed by atoms with van der Waals surface area (Å²) < 4.78 is 0. The van der Waals surface area contributed by atoms with Crippen molar-refractivity contribution < 1.29 is 9.90 Å². The summed E-state index contributed by atoms with van der Waals surface area (Å²) in [4.78, 5) is 12.5. The standard InChI is InChI=1S/C16H21NO2/c18-12-15(9-10-15)11-17-14(19)16(7-4-8-16)13-5-2-1-3-6-13/h1-3,5-6,18H,4,7-12H2,(H,17,19). The Bertz CT molecular complexity index is 461. The van der Waals surface area contributed by atoms with E-state index in [2.05, 4.69) is 17.4 Å². The molecule has 0 aromatic heterocycles. The molecule has 1 aromatic carbocycles. The van der Waals surface area contributed by atoms with Crippen LogP contribution in [0.5, 0.6) is 0 Å². The van der Waals surface area contributed by atoms with E-state index in [1.54, 1.807) is 0 Å². The first-order valence-corrected chi connectivity index (χ1v) is 7.16. The fourth-order valence-corrected chi connectivity index (χ4v) is 2.94. The quantitative estimate of drug-likeness (QED) is 0.849. The molecular formula is C16H21NO2. The van der Waals surface area contributed by atoms with Crippen LogP contribution >= 0.6 is 0 Å². The van der Waals surface area contributed by atoms with Gasteiger partial charge in [0.1, 0.15) is 0 Å². The average Bonchev–Trinajstić information content (AvgIpc) is 3.17. The molecule has 0 bridgehead atoms. The molecule has 2 N–H and O–H groups in total. The number of rotatable bonds is 5. The normalized spacial score (nSPS) is 22.4. The lowest BCUT2D eigenvalue weighted by Gasteiger charge is -2.41. The van der Waals surface area contributed by atoms with Crippen LogP contribution in [0.15, 0.2) is 30.3 Å². The molecule has 0 aliphatic heterocycles. The Morgan fingerprint density at radius 2 is 1.84 bits per heavy atom. The van der Waals surface area contributed by atoms with Crippen LogP contribution in [0.1, 0.15) is 37.7 Å². The molecule has 19 heavy (non-hydrogen) atoms. The molecule has 102 valence electrons. The third-order valence-corrected chi connectivity index (χ3v) is 4.88. The molecule has 2 saturated carbocycles. The number of aliphatic hydroxyl groups excluding tert-OH is 1. The number of nitrogens with one attached hydrogen (secondary N) is 1. The van der Waals surface area contributed by atoms with Crippen LogP contribution < -0.4 is 5.32 Å². The molecule has 1 aromatic rings. The van der Waals surface area contributed by atoms with Crippen molar-refractivity contribution in [3.8, 4) is 0 Å². The van der Waals surface area contributed by atoms with E-state index in [1.165, 1.54) is 0 Å². The van der Waals surface area contributed by atoms with Crippen molar-refractivity contribution in [2.24, 2.45) is 5.41 Å². The largest absolute Gasteiger partial charge is 0.396 e. The van der Waals surface area contributed by atoms with E-state index in [4.69, 9.17) is 0 Å². The van der Waals surface area contributed by atoms with Gasteiger partial charge in [-0.05, 0) is 31.2 Å². The molecule has 0 radical (unpaired) electrons. The van der Waals surface area contributed by atoms with E-state index in [0.717, 1.165) is 37.7 Å². The fourth-order valence-electron chi connectivity index (χ4n) is 2.94. The van der Waals surface area contributed by atoms with Gasteiger partial charge in [-0.2, -0.15) is 0 Å². The van der Waals surface area contributed by atoms with Gasteiger partial charge in [0, 0.05) is 12.0 Å². The van der Waals surface area contributed by atoms with Crippen LogP contribution in [0, 0.1) is 5.41 Å². The molecule has 3 rings (SSSR count). The molecule has 2 aliphatic rings. The second-order valence-electron chi connectivity index (χ2n) is 6.14. The Morgan fingerprint density at radius 3 is 2.32 bits per heavy atom. The number of hydrogen-bond acceptors (Lipinski definition) is 2. The minimum atomic E-state index is -0.313. The predicted molar refractivity (Wildman–Crippen MR) is 73.7 cm³/mol. The molecular weight excluding hydrogens is 238 g/mol. The lowest BCUT2D eigenvalue weighted by atomic mass is 9.64. The summed E-state index contributed by atoms with van der Waals surface area (Å²) in [5, 5.41) is 12.4. The third-order valence-electron chi connectivity index (χ3n) is 4.88. The van der Waals surface area contributed by atoms with Gasteiger partial charge in [-0.15, -0.1) is 0 Å². The van der Waals surface area contributed by atoms with E-state index in [1.807, 2.05) is 18.2 Å². The van der Waals surface area contributed by atoms with Gasteiger partial charge in [0.15, 0.2) is 0 Å². The van der Waals surface area contributed by atoms with Crippen LogP contribution in [-0.4, -0.2) is 24.2 Å². The highest BCUT2D eigenvalue weighted by Crippen LogP contribution is 2.46. The van der Waals surface area contributed by atoms with Crippen molar-refractivity contribution in [2.75, 3.05) is 13.2 Å². The summed E-state index contributed by atoms with van der Waals surface area (Å²) in [6, 6.07) is 10.1. The first kappa shape index (κ1) is 12.7. The van der Waals surface area contributed by atoms with Gasteiger partial charge in [0.05, 0.1) is 12.0 Å². The lowest BCUT2D eigenvalue weighted by molar-refractivity contribution is -0.130. The Kier molecular flexibility index (Phi) is 3.09. The SMILES string of the molecule is O=C(NCC1(CO)CC1)C1(c2ccccc2)CCC1. The van der Waals surface area contributed by atoms with Crippen molar-refractivity contribution in [3.05, 3.63) is 35.9 Å². The number of hydrogen-bond donors (Lipinski definition) is 2. The summed E-state index contributed by atoms with van der Waals surface area (Å²) in [5.41, 5.74) is 0.803. The number of carbonyl (C=O) groups is 1. The molecule has 0 saturated heterocycles. The van der Waals surface area contributed by atoms with Crippen LogP contribution in [0.4, 0.5) is 0 Å². The number of amides is 1. The topological polar surface area (TPSA) is 49.3 Å². The number of carbonyl (C=O) groups excluding carboxylic acids is 1. The van der Waals surface area contributed by atoms with Gasteiger partial charge < -0.3 is 10.4 Å². The van der Waals surface area contributed by atoms with Crippen LogP contribution in [0.25, 0.3) is 0 Å². The average molecular weight is 259 g/mol. The van der Waals surface area contributed by atoms with Gasteiger partial charge in [-0.3, -0.25) is 4.79 Å². The molecule has 3 nitrogen and oxygen atoms in total. The molecule has 0 atom stereocenters. The summed E-state index contributed by atoms with van der Waals surface area (Å²) in [6.45, 7) is 0.808. The second-order valence-corrected chi connectivity index (χ2v) is 6.14. The maximum Gasteiger partial charge on any atom is 0.230 e. The van der Waals surface area contributed by atoms with Crippen LogP contribution in [-0.2, 0) is 10.2 Å². The van der Waals surface area contributed by atoms with Crippen LogP contribution in [0.3, 0.4) is 0 Å². The fraction of sp³-hybridized carbons (Fsp3) is 0.562. The summed E-state index contributed by atoms with van der Waals surface area (Å²) in [5.74, 6) is 0.143. The lowest BCUT2D eigenvalue weighted by Crippen LogP contribution is -2.50. The van der Waals surface area contributed by atoms with Gasteiger partial charge in [0.2, 0.25) is 5.91 Å². The summed E-state index contributed by atoms with van der Waals surface area (Å²) >= 11 is 0. The zero-order chi connectivity index (χ0) is 13.3. The van der Waals surface area contributed by atoms with Crippen LogP contribution in [0.2, 0.25) is 0 Å². The van der Waals surface area contributed by atoms with E-state index in [0.29, 0.717) is 6.54 Å². The molecule has 0 unspecified atom stereocenters. The van der Waals surface area contributed by atoms with E-state index in [-0.39, 0.29) is 23.3 Å². The van der Waals surface area contributed by atoms with E-state index in [9.17, 15) is 9.90 Å². The Hall–Kier alpha value is -1.35. The molecule has 2 fully saturated rings. The third kappa shape index (κ3) is 2.16. The van der Waals surface area contributed by atoms with Crippen molar-refractivity contribution in [1.29, 1.82) is 0 Å². The van der Waals surface area contributed by atoms with E-state index < -0.39 is 0 Å². The van der Waals surface area contributed by atoms with Gasteiger partial charge >= 0.3 is 0 Å². The zero-order valence-electron chi connectivity index (χ0n) is 11.2. The van der Waals surface area contributed by atoms with Gasteiger partial charge in [-0.1, -0.05) is 36.8 Å². The van der Waals surface area contributed by atoms with Crippen molar-refractivity contribution in [2.45, 2.75) is 37.5 Å². The monoisotopic (exact) mass is 259 g/mol. The molecule has 1 amide bonds. The highest BCUT2D eigenvalue weighted by molar-refractivity contribution is 5.89. The number of aliphatic hydroxyl groups is 1. The second kappa shape index (κ2) is 4.64. The smallest absolute Gasteiger partial charge is 0.230 e.